The van der Waals surface area contributed by atoms with Gasteiger partial charge in [-0.2, -0.15) is 0 Å². The zero-order valence-electron chi connectivity index (χ0n) is 13.6. The minimum Gasteiger partial charge on any atom is -0.372 e. The van der Waals surface area contributed by atoms with Crippen molar-refractivity contribution in [2.24, 2.45) is 5.92 Å². The molecule has 2 aromatic heterocycles. The molecule has 6 heteroatoms. The Hall–Kier alpha value is -1.95. The summed E-state index contributed by atoms with van der Waals surface area (Å²) in [5.74, 6) is 1.46. The van der Waals surface area contributed by atoms with E-state index in [9.17, 15) is 4.79 Å². The fraction of sp³-hybridized carbons (Fsp3) is 0.471. The molecular weight excluding hydrogens is 308 g/mol. The normalized spacial score (nSPS) is 18.0. The molecular formula is C17H22N4OS. The number of hydrogen-bond acceptors (Lipinski definition) is 5. The molecule has 0 saturated carbocycles. The van der Waals surface area contributed by atoms with Gasteiger partial charge in [0.05, 0.1) is 10.6 Å². The predicted molar refractivity (Wildman–Crippen MR) is 93.0 cm³/mol. The summed E-state index contributed by atoms with van der Waals surface area (Å²) in [6.45, 7) is 3.66. The maximum Gasteiger partial charge on any atom is 0.264 e. The molecule has 2 aromatic rings. The van der Waals surface area contributed by atoms with Crippen LogP contribution in [0.4, 0.5) is 5.82 Å². The number of nitrogens with zero attached hydrogens (tertiary/aromatic N) is 3. The Bertz CT molecular complexity index is 685. The van der Waals surface area contributed by atoms with Gasteiger partial charge in [-0.25, -0.2) is 4.98 Å². The van der Waals surface area contributed by atoms with Gasteiger partial charge in [-0.05, 0) is 49.1 Å². The second kappa shape index (κ2) is 7.08. The van der Waals surface area contributed by atoms with Crippen LogP contribution < -0.4 is 5.32 Å². The number of hydrogen-bond donors (Lipinski definition) is 1. The Morgan fingerprint density at radius 2 is 2.26 bits per heavy atom. The van der Waals surface area contributed by atoms with Crippen molar-refractivity contribution in [3.63, 3.8) is 0 Å². The van der Waals surface area contributed by atoms with Crippen molar-refractivity contribution in [1.29, 1.82) is 0 Å². The van der Waals surface area contributed by atoms with E-state index in [0.717, 1.165) is 54.3 Å². The standard InChI is InChI=1S/C17H22N4OS/c1-12-5-9-23-15(12)17(22)21-8-3-4-13(11-21)10-14-16(18-2)20-7-6-19-14/h5-7,9,13H,3-4,8,10-11H2,1-2H3,(H,18,20)/t13-/m1/s1. The molecule has 1 saturated heterocycles. The molecule has 5 nitrogen and oxygen atoms in total. The quantitative estimate of drug-likeness (QED) is 0.936. The van der Waals surface area contributed by atoms with Gasteiger partial charge < -0.3 is 10.2 Å². The fourth-order valence-corrected chi connectivity index (χ4v) is 4.04. The van der Waals surface area contributed by atoms with Crippen molar-refractivity contribution in [3.8, 4) is 0 Å². The fourth-order valence-electron chi connectivity index (χ4n) is 3.15. The highest BCUT2D eigenvalue weighted by atomic mass is 32.1. The van der Waals surface area contributed by atoms with Gasteiger partial charge in [0.15, 0.2) is 0 Å². The van der Waals surface area contributed by atoms with Crippen LogP contribution in [0.2, 0.25) is 0 Å². The van der Waals surface area contributed by atoms with Crippen molar-refractivity contribution in [2.75, 3.05) is 25.5 Å². The van der Waals surface area contributed by atoms with E-state index in [2.05, 4.69) is 15.3 Å². The van der Waals surface area contributed by atoms with Crippen LogP contribution in [0.25, 0.3) is 0 Å². The molecule has 1 fully saturated rings. The molecule has 0 bridgehead atoms. The monoisotopic (exact) mass is 330 g/mol. The zero-order chi connectivity index (χ0) is 16.2. The summed E-state index contributed by atoms with van der Waals surface area (Å²) in [6.07, 6.45) is 6.47. The summed E-state index contributed by atoms with van der Waals surface area (Å²) < 4.78 is 0. The van der Waals surface area contributed by atoms with E-state index in [1.165, 1.54) is 11.3 Å². The van der Waals surface area contributed by atoms with Crippen LogP contribution in [0.15, 0.2) is 23.8 Å². The Labute approximate surface area is 140 Å². The van der Waals surface area contributed by atoms with Crippen molar-refractivity contribution in [3.05, 3.63) is 40.0 Å². The first-order chi connectivity index (χ1) is 11.2. The van der Waals surface area contributed by atoms with Crippen LogP contribution in [-0.2, 0) is 6.42 Å². The largest absolute Gasteiger partial charge is 0.372 e. The SMILES string of the molecule is CNc1nccnc1C[C@H]1CCCN(C(=O)c2sccc2C)C1. The number of piperidine rings is 1. The van der Waals surface area contributed by atoms with Crippen molar-refractivity contribution in [1.82, 2.24) is 14.9 Å². The van der Waals surface area contributed by atoms with Gasteiger partial charge in [0.1, 0.15) is 5.82 Å². The molecule has 1 aliphatic rings. The number of carbonyl (C=O) groups excluding carboxylic acids is 1. The molecule has 1 N–H and O–H groups in total. The van der Waals surface area contributed by atoms with Gasteiger partial charge >= 0.3 is 0 Å². The van der Waals surface area contributed by atoms with Gasteiger partial charge in [0.25, 0.3) is 5.91 Å². The molecule has 0 unspecified atom stereocenters. The number of likely N-dealkylation sites (tertiary alicyclic amines) is 1. The molecule has 23 heavy (non-hydrogen) atoms. The molecule has 122 valence electrons. The molecule has 3 heterocycles. The average molecular weight is 330 g/mol. The lowest BCUT2D eigenvalue weighted by molar-refractivity contribution is 0.0677. The summed E-state index contributed by atoms with van der Waals surface area (Å²) in [5.41, 5.74) is 2.06. The van der Waals surface area contributed by atoms with Crippen LogP contribution in [0.3, 0.4) is 0 Å². The lowest BCUT2D eigenvalue weighted by Gasteiger charge is -2.32. The molecule has 3 rings (SSSR count). The third-order valence-electron chi connectivity index (χ3n) is 4.36. The second-order valence-electron chi connectivity index (χ2n) is 6.00. The Morgan fingerprint density at radius 3 is 3.00 bits per heavy atom. The van der Waals surface area contributed by atoms with Crippen LogP contribution >= 0.6 is 11.3 Å². The lowest BCUT2D eigenvalue weighted by Crippen LogP contribution is -2.40. The Kier molecular flexibility index (Phi) is 4.91. The van der Waals surface area contributed by atoms with E-state index in [0.29, 0.717) is 5.92 Å². The topological polar surface area (TPSA) is 58.1 Å². The van der Waals surface area contributed by atoms with Crippen molar-refractivity contribution >= 4 is 23.1 Å². The van der Waals surface area contributed by atoms with E-state index in [1.54, 1.807) is 12.4 Å². The highest BCUT2D eigenvalue weighted by Crippen LogP contribution is 2.25. The van der Waals surface area contributed by atoms with Gasteiger partial charge in [-0.1, -0.05) is 0 Å². The van der Waals surface area contributed by atoms with Gasteiger partial charge in [-0.3, -0.25) is 9.78 Å². The number of nitrogens with one attached hydrogen (secondary N) is 1. The minimum absolute atomic E-state index is 0.176. The summed E-state index contributed by atoms with van der Waals surface area (Å²) in [7, 11) is 1.86. The summed E-state index contributed by atoms with van der Waals surface area (Å²) in [6, 6.07) is 2.01. The van der Waals surface area contributed by atoms with E-state index >= 15 is 0 Å². The number of anilines is 1. The lowest BCUT2D eigenvalue weighted by atomic mass is 9.93. The van der Waals surface area contributed by atoms with Gasteiger partial charge in [0, 0.05) is 32.5 Å². The molecule has 0 aliphatic carbocycles. The highest BCUT2D eigenvalue weighted by Gasteiger charge is 2.26. The molecule has 1 aliphatic heterocycles. The van der Waals surface area contributed by atoms with E-state index in [1.807, 2.05) is 30.3 Å². The van der Waals surface area contributed by atoms with Gasteiger partial charge in [0.2, 0.25) is 0 Å². The van der Waals surface area contributed by atoms with Crippen LogP contribution in [-0.4, -0.2) is 40.9 Å². The molecule has 1 amide bonds. The number of amides is 1. The van der Waals surface area contributed by atoms with Crippen LogP contribution in [0.5, 0.6) is 0 Å². The van der Waals surface area contributed by atoms with Crippen molar-refractivity contribution < 1.29 is 4.79 Å². The van der Waals surface area contributed by atoms with Crippen LogP contribution in [0.1, 0.15) is 33.8 Å². The Morgan fingerprint density at radius 1 is 1.43 bits per heavy atom. The number of aromatic nitrogens is 2. The maximum absolute atomic E-state index is 12.7. The highest BCUT2D eigenvalue weighted by molar-refractivity contribution is 7.12. The minimum atomic E-state index is 0.176. The molecule has 0 aromatic carbocycles. The molecule has 1 atom stereocenters. The van der Waals surface area contributed by atoms with E-state index < -0.39 is 0 Å². The number of carbonyl (C=O) groups is 1. The van der Waals surface area contributed by atoms with Crippen molar-refractivity contribution in [2.45, 2.75) is 26.2 Å². The summed E-state index contributed by atoms with van der Waals surface area (Å²) >= 11 is 1.54. The number of rotatable bonds is 4. The zero-order valence-corrected chi connectivity index (χ0v) is 14.4. The summed E-state index contributed by atoms with van der Waals surface area (Å²) in [4.78, 5) is 24.3. The van der Waals surface area contributed by atoms with E-state index in [4.69, 9.17) is 0 Å². The third-order valence-corrected chi connectivity index (χ3v) is 5.36. The Balaban J connectivity index is 1.69. The van der Waals surface area contributed by atoms with E-state index in [-0.39, 0.29) is 5.91 Å². The summed E-state index contributed by atoms with van der Waals surface area (Å²) in [5, 5.41) is 5.09. The third kappa shape index (κ3) is 3.52. The number of thiophene rings is 1. The van der Waals surface area contributed by atoms with Gasteiger partial charge in [-0.15, -0.1) is 11.3 Å². The molecule has 0 spiro atoms. The second-order valence-corrected chi connectivity index (χ2v) is 6.91. The smallest absolute Gasteiger partial charge is 0.264 e. The maximum atomic E-state index is 12.7. The first kappa shape index (κ1) is 15.9. The first-order valence-electron chi connectivity index (χ1n) is 8.00. The average Bonchev–Trinajstić information content (AvgIpc) is 3.01. The van der Waals surface area contributed by atoms with Crippen LogP contribution in [0, 0.1) is 12.8 Å². The molecule has 0 radical (unpaired) electrons. The number of aryl methyl sites for hydroxylation is 1. The predicted octanol–water partition coefficient (Wildman–Crippen LogP) is 2.98. The first-order valence-corrected chi connectivity index (χ1v) is 8.88.